The molecule has 1 aliphatic heterocycles. The second kappa shape index (κ2) is 13.0. The van der Waals surface area contributed by atoms with Crippen LogP contribution in [0.1, 0.15) is 36.6 Å². The smallest absolute Gasteiger partial charge is 0.338 e. The van der Waals surface area contributed by atoms with Gasteiger partial charge in [0.15, 0.2) is 4.80 Å². The van der Waals surface area contributed by atoms with Crippen molar-refractivity contribution in [2.75, 3.05) is 6.61 Å². The van der Waals surface area contributed by atoms with Gasteiger partial charge in [0.2, 0.25) is 0 Å². The zero-order valence-electron chi connectivity index (χ0n) is 23.6. The van der Waals surface area contributed by atoms with E-state index in [-0.39, 0.29) is 17.7 Å². The molecule has 6 rings (SSSR count). The van der Waals surface area contributed by atoms with E-state index in [1.165, 1.54) is 15.9 Å². The number of aromatic nitrogens is 1. The Labute approximate surface area is 284 Å². The molecule has 4 aromatic carbocycles. The van der Waals surface area contributed by atoms with Crippen molar-refractivity contribution in [1.29, 1.82) is 0 Å². The van der Waals surface area contributed by atoms with Gasteiger partial charge in [-0.3, -0.25) is 9.36 Å². The van der Waals surface area contributed by atoms with Crippen molar-refractivity contribution >= 4 is 84.3 Å². The van der Waals surface area contributed by atoms with Crippen LogP contribution in [-0.4, -0.2) is 17.1 Å². The van der Waals surface area contributed by atoms with Gasteiger partial charge in [-0.2, -0.15) is 0 Å². The SMILES string of the molecule is CCOC(=O)C1=C(C)N=c2s/c(=C\c3cc(Br)cc(I)c3OCc3cccc4ccccc34)c(=O)n2[C@H]1c1ccccc1Cl. The molecule has 0 unspecified atom stereocenters. The van der Waals surface area contributed by atoms with E-state index in [1.807, 2.05) is 54.6 Å². The topological polar surface area (TPSA) is 69.9 Å². The van der Waals surface area contributed by atoms with Gasteiger partial charge in [0.1, 0.15) is 18.4 Å². The molecule has 0 spiro atoms. The third-order valence-electron chi connectivity index (χ3n) is 7.29. The Morgan fingerprint density at radius 2 is 1.86 bits per heavy atom. The van der Waals surface area contributed by atoms with Gasteiger partial charge in [0, 0.05) is 15.1 Å². The molecule has 0 saturated carbocycles. The molecule has 1 aromatic heterocycles. The number of rotatable bonds is 7. The summed E-state index contributed by atoms with van der Waals surface area (Å²) in [5.41, 5.74) is 2.91. The van der Waals surface area contributed by atoms with Crippen molar-refractivity contribution < 1.29 is 14.3 Å². The van der Waals surface area contributed by atoms with Crippen molar-refractivity contribution in [1.82, 2.24) is 4.57 Å². The summed E-state index contributed by atoms with van der Waals surface area (Å²) in [6.45, 7) is 4.05. The zero-order valence-corrected chi connectivity index (χ0v) is 29.0. The van der Waals surface area contributed by atoms with Gasteiger partial charge < -0.3 is 9.47 Å². The van der Waals surface area contributed by atoms with Crippen LogP contribution in [0.3, 0.4) is 0 Å². The highest BCUT2D eigenvalue weighted by molar-refractivity contribution is 14.1. The van der Waals surface area contributed by atoms with Crippen LogP contribution >= 0.6 is 61.5 Å². The van der Waals surface area contributed by atoms with E-state index in [9.17, 15) is 9.59 Å². The average Bonchev–Trinajstić information content (AvgIpc) is 3.30. The standard InChI is InChI=1S/C34H25BrClIN2O4S/c1-3-42-33(41)29-19(2)38-34-39(30(29)25-13-6-7-14-26(25)36)32(40)28(44-34)16-22-15-23(35)17-27(37)31(22)43-18-21-11-8-10-20-9-4-5-12-24(20)21/h4-17,30H,3,18H2,1-2H3/b28-16-/t30-/m0/s1. The molecule has 0 aliphatic carbocycles. The highest BCUT2D eigenvalue weighted by atomic mass is 127. The van der Waals surface area contributed by atoms with Crippen LogP contribution in [0.2, 0.25) is 5.02 Å². The molecule has 5 aromatic rings. The molecule has 0 amide bonds. The number of halogens is 3. The molecule has 0 N–H and O–H groups in total. The number of nitrogens with zero attached hydrogens (tertiary/aromatic N) is 2. The van der Waals surface area contributed by atoms with Crippen LogP contribution in [0.5, 0.6) is 5.75 Å². The van der Waals surface area contributed by atoms with Crippen LogP contribution in [0.4, 0.5) is 0 Å². The lowest BCUT2D eigenvalue weighted by Crippen LogP contribution is -2.40. The largest absolute Gasteiger partial charge is 0.487 e. The number of carbonyl (C=O) groups is 1. The summed E-state index contributed by atoms with van der Waals surface area (Å²) in [7, 11) is 0. The van der Waals surface area contributed by atoms with E-state index in [0.717, 1.165) is 29.9 Å². The fourth-order valence-electron chi connectivity index (χ4n) is 5.33. The Kier molecular flexibility index (Phi) is 9.09. The number of ether oxygens (including phenoxy) is 2. The molecule has 2 heterocycles. The molecule has 0 radical (unpaired) electrons. The third kappa shape index (κ3) is 5.90. The molecular formula is C34H25BrClIN2O4S. The Morgan fingerprint density at radius 3 is 2.66 bits per heavy atom. The van der Waals surface area contributed by atoms with E-state index in [1.54, 1.807) is 19.9 Å². The highest BCUT2D eigenvalue weighted by Crippen LogP contribution is 2.35. The van der Waals surface area contributed by atoms with Crippen molar-refractivity contribution in [3.8, 4) is 5.75 Å². The summed E-state index contributed by atoms with van der Waals surface area (Å²) >= 11 is 13.7. The lowest BCUT2D eigenvalue weighted by atomic mass is 9.96. The predicted octanol–water partition coefficient (Wildman–Crippen LogP) is 7.55. The monoisotopic (exact) mass is 798 g/mol. The molecule has 222 valence electrons. The van der Waals surface area contributed by atoms with Gasteiger partial charge in [-0.05, 0) is 82.6 Å². The van der Waals surface area contributed by atoms with Crippen LogP contribution in [-0.2, 0) is 16.1 Å². The van der Waals surface area contributed by atoms with Crippen LogP contribution in [0.15, 0.2) is 104 Å². The van der Waals surface area contributed by atoms with E-state index < -0.39 is 12.0 Å². The highest BCUT2D eigenvalue weighted by Gasteiger charge is 2.34. The number of hydrogen-bond acceptors (Lipinski definition) is 6. The van der Waals surface area contributed by atoms with Crippen LogP contribution < -0.4 is 19.6 Å². The van der Waals surface area contributed by atoms with Gasteiger partial charge in [-0.25, -0.2) is 9.79 Å². The second-order valence-electron chi connectivity index (χ2n) is 10.1. The lowest BCUT2D eigenvalue weighted by molar-refractivity contribution is -0.139. The van der Waals surface area contributed by atoms with E-state index in [2.05, 4.69) is 67.8 Å². The maximum Gasteiger partial charge on any atom is 0.338 e. The number of thiazole rings is 1. The summed E-state index contributed by atoms with van der Waals surface area (Å²) in [6.07, 6.45) is 1.82. The Balaban J connectivity index is 1.48. The molecule has 1 atom stereocenters. The molecule has 1 aliphatic rings. The van der Waals surface area contributed by atoms with Crippen molar-refractivity contribution in [2.45, 2.75) is 26.5 Å². The minimum Gasteiger partial charge on any atom is -0.487 e. The van der Waals surface area contributed by atoms with E-state index in [0.29, 0.717) is 38.0 Å². The third-order valence-corrected chi connectivity index (χ3v) is 9.88. The normalized spacial score (nSPS) is 14.8. The summed E-state index contributed by atoms with van der Waals surface area (Å²) in [6, 6.07) is 24.7. The van der Waals surface area contributed by atoms with Crippen molar-refractivity contribution in [2.24, 2.45) is 4.99 Å². The molecule has 0 saturated heterocycles. The Hall–Kier alpha value is -3.25. The quantitative estimate of drug-likeness (QED) is 0.126. The molecule has 10 heteroatoms. The number of hydrogen-bond donors (Lipinski definition) is 0. The average molecular weight is 800 g/mol. The summed E-state index contributed by atoms with van der Waals surface area (Å²) in [5, 5.41) is 2.71. The van der Waals surface area contributed by atoms with Gasteiger partial charge in [-0.1, -0.05) is 99.5 Å². The summed E-state index contributed by atoms with van der Waals surface area (Å²) in [4.78, 5) is 32.5. The van der Waals surface area contributed by atoms with E-state index >= 15 is 0 Å². The first-order valence-electron chi connectivity index (χ1n) is 13.8. The van der Waals surface area contributed by atoms with Crippen LogP contribution in [0, 0.1) is 3.57 Å². The molecular weight excluding hydrogens is 775 g/mol. The first kappa shape index (κ1) is 30.8. The number of fused-ring (bicyclic) bond motifs is 2. The molecule has 6 nitrogen and oxygen atoms in total. The zero-order chi connectivity index (χ0) is 31.0. The number of allylic oxidation sites excluding steroid dienone is 1. The van der Waals surface area contributed by atoms with Crippen LogP contribution in [0.25, 0.3) is 16.8 Å². The Bertz CT molecular complexity index is 2150. The van der Waals surface area contributed by atoms with Crippen molar-refractivity contribution in [3.63, 3.8) is 0 Å². The number of benzene rings is 4. The fraction of sp³-hybridized carbons (Fsp3) is 0.147. The first-order chi connectivity index (χ1) is 21.3. The summed E-state index contributed by atoms with van der Waals surface area (Å²) < 4.78 is 15.6. The fourth-order valence-corrected chi connectivity index (χ4v) is 8.31. The first-order valence-corrected chi connectivity index (χ1v) is 16.9. The minimum absolute atomic E-state index is 0.193. The van der Waals surface area contributed by atoms with Gasteiger partial charge >= 0.3 is 5.97 Å². The maximum atomic E-state index is 14.2. The second-order valence-corrected chi connectivity index (χ2v) is 13.6. The minimum atomic E-state index is -0.786. The number of carbonyl (C=O) groups excluding carboxylic acids is 1. The lowest BCUT2D eigenvalue weighted by Gasteiger charge is -2.25. The molecule has 0 fully saturated rings. The molecule has 0 bridgehead atoms. The van der Waals surface area contributed by atoms with Crippen molar-refractivity contribution in [3.05, 3.63) is 140 Å². The number of esters is 1. The van der Waals surface area contributed by atoms with E-state index in [4.69, 9.17) is 21.1 Å². The predicted molar refractivity (Wildman–Crippen MR) is 187 cm³/mol. The maximum absolute atomic E-state index is 14.2. The summed E-state index contributed by atoms with van der Waals surface area (Å²) in [5.74, 6) is 0.136. The Morgan fingerprint density at radius 1 is 1.11 bits per heavy atom. The molecule has 44 heavy (non-hydrogen) atoms. The van der Waals surface area contributed by atoms with Gasteiger partial charge in [-0.15, -0.1) is 0 Å². The van der Waals surface area contributed by atoms with Gasteiger partial charge in [0.05, 0.1) is 26.0 Å². The van der Waals surface area contributed by atoms with Gasteiger partial charge in [0.25, 0.3) is 5.56 Å².